The van der Waals surface area contributed by atoms with Crippen molar-refractivity contribution in [2.45, 2.75) is 45.2 Å². The van der Waals surface area contributed by atoms with Crippen LogP contribution in [-0.2, 0) is 4.79 Å². The molecule has 1 unspecified atom stereocenters. The van der Waals surface area contributed by atoms with Crippen LogP contribution in [0.15, 0.2) is 0 Å². The summed E-state index contributed by atoms with van der Waals surface area (Å²) < 4.78 is 0. The molecule has 1 atom stereocenters. The summed E-state index contributed by atoms with van der Waals surface area (Å²) in [6.45, 7) is 4.78. The predicted molar refractivity (Wildman–Crippen MR) is 77.6 cm³/mol. The number of thioether (sulfide) groups is 1. The van der Waals surface area contributed by atoms with Crippen LogP contribution in [0.5, 0.6) is 0 Å². The van der Waals surface area contributed by atoms with Gasteiger partial charge >= 0.3 is 12.0 Å². The fourth-order valence-electron chi connectivity index (χ4n) is 2.47. The van der Waals surface area contributed by atoms with Crippen LogP contribution in [0, 0.1) is 0 Å². The number of hydrogen-bond donors (Lipinski definition) is 1. The Morgan fingerprint density at radius 1 is 1.42 bits per heavy atom. The van der Waals surface area contributed by atoms with E-state index in [4.69, 9.17) is 5.11 Å². The molecule has 1 saturated heterocycles. The Bertz CT molecular complexity index is 321. The smallest absolute Gasteiger partial charge is 0.320 e. The normalized spacial score (nSPS) is 19.6. The zero-order valence-electron chi connectivity index (χ0n) is 12.0. The molecule has 1 fully saturated rings. The van der Waals surface area contributed by atoms with Gasteiger partial charge in [0.25, 0.3) is 0 Å². The Kier molecular flexibility index (Phi) is 6.48. The lowest BCUT2D eigenvalue weighted by Crippen LogP contribution is -2.53. The molecular weight excluding hydrogens is 264 g/mol. The number of carboxylic acids is 1. The molecule has 0 aliphatic carbocycles. The van der Waals surface area contributed by atoms with E-state index in [9.17, 15) is 9.59 Å². The molecule has 0 aromatic heterocycles. The summed E-state index contributed by atoms with van der Waals surface area (Å²) in [4.78, 5) is 26.9. The van der Waals surface area contributed by atoms with Gasteiger partial charge in [-0.2, -0.15) is 11.8 Å². The number of rotatable bonds is 5. The molecule has 2 amide bonds. The quantitative estimate of drug-likeness (QED) is 0.842. The summed E-state index contributed by atoms with van der Waals surface area (Å²) in [7, 11) is 1.82. The van der Waals surface area contributed by atoms with E-state index in [1.165, 1.54) is 0 Å². The third-order valence-electron chi connectivity index (χ3n) is 3.68. The molecule has 1 N–H and O–H groups in total. The number of nitrogens with zero attached hydrogens (tertiary/aromatic N) is 2. The SMILES string of the molecule is CCC(CC)N(C)C(=O)N1CCSCC1CC(=O)O. The van der Waals surface area contributed by atoms with Crippen LogP contribution in [0.3, 0.4) is 0 Å². The van der Waals surface area contributed by atoms with Gasteiger partial charge < -0.3 is 14.9 Å². The Balaban J connectivity index is 2.73. The van der Waals surface area contributed by atoms with Gasteiger partial charge in [-0.3, -0.25) is 4.79 Å². The summed E-state index contributed by atoms with van der Waals surface area (Å²) >= 11 is 1.72. The van der Waals surface area contributed by atoms with E-state index in [2.05, 4.69) is 13.8 Å². The first kappa shape index (κ1) is 16.1. The van der Waals surface area contributed by atoms with Crippen molar-refractivity contribution in [3.63, 3.8) is 0 Å². The number of aliphatic carboxylic acids is 1. The van der Waals surface area contributed by atoms with Gasteiger partial charge in [0.1, 0.15) is 0 Å². The maximum Gasteiger partial charge on any atom is 0.320 e. The van der Waals surface area contributed by atoms with Crippen LogP contribution in [0.2, 0.25) is 0 Å². The molecule has 0 bridgehead atoms. The molecule has 0 aromatic rings. The van der Waals surface area contributed by atoms with Gasteiger partial charge in [0.15, 0.2) is 0 Å². The Hall–Kier alpha value is -0.910. The summed E-state index contributed by atoms with van der Waals surface area (Å²) in [6.07, 6.45) is 1.88. The van der Waals surface area contributed by atoms with Crippen molar-refractivity contribution in [2.24, 2.45) is 0 Å². The first-order chi connectivity index (χ1) is 9.01. The van der Waals surface area contributed by atoms with Crippen molar-refractivity contribution in [2.75, 3.05) is 25.1 Å². The molecule has 110 valence electrons. The molecule has 6 heteroatoms. The van der Waals surface area contributed by atoms with Gasteiger partial charge in [-0.15, -0.1) is 0 Å². The van der Waals surface area contributed by atoms with Gasteiger partial charge in [0, 0.05) is 31.1 Å². The molecule has 0 aromatic carbocycles. The molecule has 19 heavy (non-hydrogen) atoms. The maximum atomic E-state index is 12.5. The highest BCUT2D eigenvalue weighted by Gasteiger charge is 2.32. The number of carbonyl (C=O) groups is 2. The van der Waals surface area contributed by atoms with Crippen LogP contribution in [0.25, 0.3) is 0 Å². The van der Waals surface area contributed by atoms with Gasteiger partial charge in [-0.25, -0.2) is 4.79 Å². The average Bonchev–Trinajstić information content (AvgIpc) is 2.39. The second kappa shape index (κ2) is 7.62. The summed E-state index contributed by atoms with van der Waals surface area (Å²) in [5.74, 6) is 0.767. The number of urea groups is 1. The molecule has 5 nitrogen and oxygen atoms in total. The average molecular weight is 288 g/mol. The van der Waals surface area contributed by atoms with Crippen LogP contribution < -0.4 is 0 Å². The molecule has 1 heterocycles. The highest BCUT2D eigenvalue weighted by atomic mass is 32.2. The monoisotopic (exact) mass is 288 g/mol. The first-order valence-electron chi connectivity index (χ1n) is 6.84. The number of amides is 2. The Morgan fingerprint density at radius 3 is 2.58 bits per heavy atom. The van der Waals surface area contributed by atoms with Crippen LogP contribution in [-0.4, -0.2) is 64.1 Å². The highest BCUT2D eigenvalue weighted by molar-refractivity contribution is 7.99. The Morgan fingerprint density at radius 2 is 2.05 bits per heavy atom. The summed E-state index contributed by atoms with van der Waals surface area (Å²) in [5, 5.41) is 8.94. The van der Waals surface area contributed by atoms with E-state index in [0.29, 0.717) is 6.54 Å². The van der Waals surface area contributed by atoms with Crippen molar-refractivity contribution in [1.29, 1.82) is 0 Å². The largest absolute Gasteiger partial charge is 0.481 e. The number of carboxylic acid groups (broad SMARTS) is 1. The standard InChI is InChI=1S/C13H24N2O3S/c1-4-10(5-2)14(3)13(18)15-6-7-19-9-11(15)8-12(16)17/h10-11H,4-9H2,1-3H3,(H,16,17). The third kappa shape index (κ3) is 4.30. The van der Waals surface area contributed by atoms with Gasteiger partial charge in [-0.05, 0) is 12.8 Å². The number of carbonyl (C=O) groups excluding carboxylic acids is 1. The molecule has 0 spiro atoms. The fraction of sp³-hybridized carbons (Fsp3) is 0.846. The molecule has 1 aliphatic rings. The van der Waals surface area contributed by atoms with E-state index < -0.39 is 5.97 Å². The van der Waals surface area contributed by atoms with E-state index in [0.717, 1.165) is 24.3 Å². The van der Waals surface area contributed by atoms with Crippen molar-refractivity contribution in [3.8, 4) is 0 Å². The second-order valence-corrected chi connectivity index (χ2v) is 6.03. The highest BCUT2D eigenvalue weighted by Crippen LogP contribution is 2.21. The molecule has 1 aliphatic heterocycles. The van der Waals surface area contributed by atoms with Crippen LogP contribution in [0.1, 0.15) is 33.1 Å². The Labute approximate surface area is 119 Å². The summed E-state index contributed by atoms with van der Waals surface area (Å²) in [6, 6.07) is 0.0216. The molecular formula is C13H24N2O3S. The van der Waals surface area contributed by atoms with Crippen molar-refractivity contribution >= 4 is 23.8 Å². The lowest BCUT2D eigenvalue weighted by molar-refractivity contribution is -0.138. The van der Waals surface area contributed by atoms with Crippen LogP contribution in [0.4, 0.5) is 4.79 Å². The third-order valence-corrected chi connectivity index (χ3v) is 4.77. The fourth-order valence-corrected chi connectivity index (χ4v) is 3.53. The minimum absolute atomic E-state index is 0.0275. The first-order valence-corrected chi connectivity index (χ1v) is 7.99. The summed E-state index contributed by atoms with van der Waals surface area (Å²) in [5.41, 5.74) is 0. The van der Waals surface area contributed by atoms with Gasteiger partial charge in [-0.1, -0.05) is 13.8 Å². The molecule has 0 saturated carbocycles. The van der Waals surface area contributed by atoms with Crippen molar-refractivity contribution in [1.82, 2.24) is 9.80 Å². The molecule has 1 rings (SSSR count). The van der Waals surface area contributed by atoms with E-state index in [1.807, 2.05) is 7.05 Å². The minimum Gasteiger partial charge on any atom is -0.481 e. The van der Waals surface area contributed by atoms with Crippen molar-refractivity contribution < 1.29 is 14.7 Å². The zero-order valence-corrected chi connectivity index (χ0v) is 12.8. The van der Waals surface area contributed by atoms with Crippen LogP contribution >= 0.6 is 11.8 Å². The van der Waals surface area contributed by atoms with Gasteiger partial charge in [0.05, 0.1) is 12.5 Å². The van der Waals surface area contributed by atoms with E-state index >= 15 is 0 Å². The van der Waals surface area contributed by atoms with Gasteiger partial charge in [0.2, 0.25) is 0 Å². The minimum atomic E-state index is -0.838. The molecule has 0 radical (unpaired) electrons. The van der Waals surface area contributed by atoms with Crippen molar-refractivity contribution in [3.05, 3.63) is 0 Å². The zero-order chi connectivity index (χ0) is 14.4. The lowest BCUT2D eigenvalue weighted by Gasteiger charge is -2.39. The van der Waals surface area contributed by atoms with E-state index in [1.54, 1.807) is 21.6 Å². The lowest BCUT2D eigenvalue weighted by atomic mass is 10.1. The topological polar surface area (TPSA) is 60.9 Å². The number of hydrogen-bond acceptors (Lipinski definition) is 3. The predicted octanol–water partition coefficient (Wildman–Crippen LogP) is 2.12. The van der Waals surface area contributed by atoms with E-state index in [-0.39, 0.29) is 24.5 Å². The maximum absolute atomic E-state index is 12.5. The second-order valence-electron chi connectivity index (χ2n) is 4.88.